The first kappa shape index (κ1) is 22.9. The number of halogens is 4. The molecule has 0 aliphatic heterocycles. The molecule has 11 heteroatoms. The summed E-state index contributed by atoms with van der Waals surface area (Å²) in [6.07, 6.45) is -4.98. The van der Waals surface area contributed by atoms with E-state index >= 15 is 0 Å². The fraction of sp³-hybridized carbons (Fsp3) is 0.238. The third-order valence-electron chi connectivity index (χ3n) is 4.69. The molecular weight excluding hydrogens is 430 g/mol. The van der Waals surface area contributed by atoms with Crippen molar-refractivity contribution in [2.75, 3.05) is 18.9 Å². The number of nitrogens with zero attached hydrogens (tertiary/aromatic N) is 4. The molecule has 0 radical (unpaired) electrons. The first-order valence-electron chi connectivity index (χ1n) is 9.39. The van der Waals surface area contributed by atoms with Gasteiger partial charge in [0, 0.05) is 12.7 Å². The maximum Gasteiger partial charge on any atom is 0.435 e. The number of hydrogen-bond acceptors (Lipinski definition) is 4. The molecule has 0 aliphatic rings. The normalized spacial score (nSPS) is 11.3. The number of rotatable bonds is 5. The first-order chi connectivity index (χ1) is 15.0. The van der Waals surface area contributed by atoms with Gasteiger partial charge >= 0.3 is 6.18 Å². The molecule has 7 nitrogen and oxygen atoms in total. The molecule has 3 rings (SSSR count). The van der Waals surface area contributed by atoms with Gasteiger partial charge in [0.2, 0.25) is 5.91 Å². The maximum atomic E-state index is 13.7. The van der Waals surface area contributed by atoms with Crippen LogP contribution >= 0.6 is 0 Å². The van der Waals surface area contributed by atoms with E-state index in [1.165, 1.54) is 7.05 Å². The lowest BCUT2D eigenvalue weighted by Gasteiger charge is -2.18. The first-order valence-corrected chi connectivity index (χ1v) is 9.39. The second-order valence-corrected chi connectivity index (χ2v) is 7.15. The number of hydrogen-bond donors (Lipinski definition) is 1. The van der Waals surface area contributed by atoms with Gasteiger partial charge < -0.3 is 10.2 Å². The predicted molar refractivity (Wildman–Crippen MR) is 108 cm³/mol. The van der Waals surface area contributed by atoms with E-state index in [0.717, 1.165) is 40.3 Å². The van der Waals surface area contributed by atoms with Crippen LogP contribution in [0.4, 0.5) is 23.2 Å². The number of para-hydroxylation sites is 1. The third kappa shape index (κ3) is 4.76. The van der Waals surface area contributed by atoms with Crippen molar-refractivity contribution in [2.45, 2.75) is 20.0 Å². The van der Waals surface area contributed by atoms with Gasteiger partial charge in [0.15, 0.2) is 11.4 Å². The second kappa shape index (κ2) is 8.77. The molecule has 1 heterocycles. The Morgan fingerprint density at radius 3 is 2.22 bits per heavy atom. The Labute approximate surface area is 180 Å². The zero-order valence-electron chi connectivity index (χ0n) is 17.4. The van der Waals surface area contributed by atoms with Gasteiger partial charge in [-0.05, 0) is 49.2 Å². The molecule has 1 aromatic heterocycles. The molecule has 32 heavy (non-hydrogen) atoms. The average Bonchev–Trinajstić information content (AvgIpc) is 3.16. The molecule has 0 saturated heterocycles. The van der Waals surface area contributed by atoms with E-state index in [1.54, 1.807) is 26.0 Å². The number of anilines is 1. The summed E-state index contributed by atoms with van der Waals surface area (Å²) in [4.78, 5) is 25.9. The highest BCUT2D eigenvalue weighted by Crippen LogP contribution is 2.33. The minimum Gasteiger partial charge on any atom is -0.331 e. The van der Waals surface area contributed by atoms with Gasteiger partial charge in [-0.15, -0.1) is 5.10 Å². The van der Waals surface area contributed by atoms with Gasteiger partial charge in [-0.1, -0.05) is 23.4 Å². The molecule has 0 spiro atoms. The summed E-state index contributed by atoms with van der Waals surface area (Å²) in [5, 5.41) is 9.50. The van der Waals surface area contributed by atoms with Gasteiger partial charge in [0.25, 0.3) is 5.91 Å². The number of carbonyl (C=O) groups is 2. The summed E-state index contributed by atoms with van der Waals surface area (Å²) >= 11 is 0. The Kier molecular flexibility index (Phi) is 6.28. The van der Waals surface area contributed by atoms with Gasteiger partial charge in [-0.2, -0.15) is 13.2 Å². The topological polar surface area (TPSA) is 80.1 Å². The zero-order valence-corrected chi connectivity index (χ0v) is 17.4. The van der Waals surface area contributed by atoms with E-state index in [2.05, 4.69) is 15.6 Å². The molecule has 168 valence electrons. The summed E-state index contributed by atoms with van der Waals surface area (Å²) < 4.78 is 54.8. The number of likely N-dealkylation sites (N-methyl/N-ethyl adjacent to an activating group) is 1. The van der Waals surface area contributed by atoms with E-state index in [1.807, 2.05) is 6.07 Å². The van der Waals surface area contributed by atoms with E-state index in [9.17, 15) is 27.2 Å². The molecule has 3 aromatic rings. The lowest BCUT2D eigenvalue weighted by atomic mass is 10.1. The molecular formula is C21H19F4N5O2. The number of amides is 2. The maximum absolute atomic E-state index is 13.7. The molecule has 2 aromatic carbocycles. The molecule has 0 atom stereocenters. The van der Waals surface area contributed by atoms with Gasteiger partial charge in [0.05, 0.1) is 12.2 Å². The molecule has 0 saturated carbocycles. The van der Waals surface area contributed by atoms with Crippen LogP contribution in [-0.4, -0.2) is 45.3 Å². The van der Waals surface area contributed by atoms with Gasteiger partial charge in [0.1, 0.15) is 5.82 Å². The zero-order chi connectivity index (χ0) is 23.6. The van der Waals surface area contributed by atoms with Crippen LogP contribution in [0.3, 0.4) is 0 Å². The predicted octanol–water partition coefficient (Wildman–Crippen LogP) is 3.75. The molecule has 1 N–H and O–H groups in total. The molecule has 2 amide bonds. The number of carbonyl (C=O) groups excluding carboxylic acids is 2. The number of aromatic nitrogens is 3. The summed E-state index contributed by atoms with van der Waals surface area (Å²) in [7, 11) is 1.18. The van der Waals surface area contributed by atoms with Crippen LogP contribution in [0, 0.1) is 19.7 Å². The van der Waals surface area contributed by atoms with Crippen molar-refractivity contribution in [1.29, 1.82) is 0 Å². The third-order valence-corrected chi connectivity index (χ3v) is 4.69. The van der Waals surface area contributed by atoms with Crippen LogP contribution < -0.4 is 5.32 Å². The van der Waals surface area contributed by atoms with E-state index < -0.39 is 41.7 Å². The second-order valence-electron chi connectivity index (χ2n) is 7.15. The number of nitrogens with one attached hydrogen (secondary N) is 1. The lowest BCUT2D eigenvalue weighted by Crippen LogP contribution is -2.36. The number of aryl methyl sites for hydroxylation is 2. The molecule has 0 fully saturated rings. The Morgan fingerprint density at radius 1 is 1.06 bits per heavy atom. The standard InChI is InChI=1S/C21H19F4N5O2/c1-12-5-4-6-13(2)17(12)26-16(31)11-29(3)20(32)18-19(21(23,24)25)30(28-27-18)15-9-7-14(22)8-10-15/h4-10H,11H2,1-3H3,(H,26,31). The van der Waals surface area contributed by atoms with Gasteiger partial charge in [-0.3, -0.25) is 9.59 Å². The monoisotopic (exact) mass is 449 g/mol. The van der Waals surface area contributed by atoms with Crippen LogP contribution in [0.15, 0.2) is 42.5 Å². The Bertz CT molecular complexity index is 1140. The highest BCUT2D eigenvalue weighted by atomic mass is 19.4. The summed E-state index contributed by atoms with van der Waals surface area (Å²) in [6, 6.07) is 9.48. The van der Waals surface area contributed by atoms with Crippen molar-refractivity contribution in [2.24, 2.45) is 0 Å². The number of alkyl halides is 3. The van der Waals surface area contributed by atoms with Crippen LogP contribution in [0.5, 0.6) is 0 Å². The summed E-state index contributed by atoms with van der Waals surface area (Å²) in [5.74, 6) is -2.37. The molecule has 0 aliphatic carbocycles. The fourth-order valence-corrected chi connectivity index (χ4v) is 3.10. The van der Waals surface area contributed by atoms with Crippen LogP contribution in [0.1, 0.15) is 27.3 Å². The Morgan fingerprint density at radius 2 is 1.66 bits per heavy atom. The van der Waals surface area contributed by atoms with E-state index in [0.29, 0.717) is 10.4 Å². The van der Waals surface area contributed by atoms with Gasteiger partial charge in [-0.25, -0.2) is 9.07 Å². The van der Waals surface area contributed by atoms with Crippen LogP contribution in [0.25, 0.3) is 5.69 Å². The Hall–Kier alpha value is -3.76. The van der Waals surface area contributed by atoms with E-state index in [4.69, 9.17) is 0 Å². The van der Waals surface area contributed by atoms with Crippen molar-refractivity contribution in [1.82, 2.24) is 19.9 Å². The quantitative estimate of drug-likeness (QED) is 0.602. The molecule has 0 unspecified atom stereocenters. The van der Waals surface area contributed by atoms with Crippen molar-refractivity contribution < 1.29 is 27.2 Å². The molecule has 0 bridgehead atoms. The smallest absolute Gasteiger partial charge is 0.331 e. The Balaban J connectivity index is 1.85. The lowest BCUT2D eigenvalue weighted by molar-refractivity contribution is -0.143. The summed E-state index contributed by atoms with van der Waals surface area (Å²) in [5.41, 5.74) is -0.347. The van der Waals surface area contributed by atoms with Crippen molar-refractivity contribution in [3.63, 3.8) is 0 Å². The fourth-order valence-electron chi connectivity index (χ4n) is 3.10. The average molecular weight is 449 g/mol. The SMILES string of the molecule is Cc1cccc(C)c1NC(=O)CN(C)C(=O)c1nnn(-c2ccc(F)cc2)c1C(F)(F)F. The largest absolute Gasteiger partial charge is 0.435 e. The van der Waals surface area contributed by atoms with Crippen molar-refractivity contribution in [3.05, 3.63) is 70.8 Å². The highest BCUT2D eigenvalue weighted by Gasteiger charge is 2.42. The van der Waals surface area contributed by atoms with Crippen LogP contribution in [0.2, 0.25) is 0 Å². The summed E-state index contributed by atoms with van der Waals surface area (Å²) in [6.45, 7) is 3.08. The van der Waals surface area contributed by atoms with Crippen molar-refractivity contribution in [3.8, 4) is 5.69 Å². The highest BCUT2D eigenvalue weighted by molar-refractivity contribution is 5.99. The van der Waals surface area contributed by atoms with Crippen molar-refractivity contribution >= 4 is 17.5 Å². The minimum atomic E-state index is -4.98. The number of benzene rings is 2. The minimum absolute atomic E-state index is 0.124. The van der Waals surface area contributed by atoms with Crippen LogP contribution in [-0.2, 0) is 11.0 Å². The van der Waals surface area contributed by atoms with E-state index in [-0.39, 0.29) is 5.69 Å².